The minimum Gasteiger partial charge on any atom is -0.497 e. The number of rotatable bonds is 10. The number of hydrogen-bond donors (Lipinski definition) is 1. The third kappa shape index (κ3) is 6.47. The maximum absolute atomic E-state index is 12.9. The van der Waals surface area contributed by atoms with Gasteiger partial charge in [-0.1, -0.05) is 60.7 Å². The fourth-order valence-electron chi connectivity index (χ4n) is 3.21. The van der Waals surface area contributed by atoms with Crippen molar-refractivity contribution in [1.29, 1.82) is 0 Å². The fourth-order valence-corrected chi connectivity index (χ4v) is 3.21. The number of carbonyl (C=O) groups excluding carboxylic acids is 1. The first-order valence-corrected chi connectivity index (χ1v) is 9.99. The molecule has 1 amide bonds. The number of hydrogen-bond acceptors (Lipinski definition) is 3. The molecule has 0 radical (unpaired) electrons. The molecule has 29 heavy (non-hydrogen) atoms. The standard InChI is InChI=1S/C25H28N2O2/c1-29-24-14-8-11-21(19-24)15-17-26-18-16-25(28)27(23-12-6-3-7-13-23)20-22-9-4-2-5-10-22/h2-14,19,26H,15-18,20H2,1H3. The summed E-state index contributed by atoms with van der Waals surface area (Å²) in [6, 6.07) is 28.0. The number of para-hydroxylation sites is 1. The Morgan fingerprint density at radius 1 is 0.862 bits per heavy atom. The SMILES string of the molecule is COc1cccc(CCNCCC(=O)N(Cc2ccccc2)c2ccccc2)c1. The van der Waals surface area contributed by atoms with E-state index >= 15 is 0 Å². The largest absolute Gasteiger partial charge is 0.497 e. The van der Waals surface area contributed by atoms with E-state index in [-0.39, 0.29) is 5.91 Å². The molecule has 0 aliphatic rings. The predicted octanol–water partition coefficient (Wildman–Crippen LogP) is 4.45. The van der Waals surface area contributed by atoms with E-state index < -0.39 is 0 Å². The van der Waals surface area contributed by atoms with Gasteiger partial charge in [0.25, 0.3) is 0 Å². The van der Waals surface area contributed by atoms with Crippen LogP contribution in [0.1, 0.15) is 17.5 Å². The number of methoxy groups -OCH3 is 1. The van der Waals surface area contributed by atoms with Gasteiger partial charge in [0.1, 0.15) is 5.75 Å². The molecule has 0 aromatic heterocycles. The lowest BCUT2D eigenvalue weighted by atomic mass is 10.1. The summed E-state index contributed by atoms with van der Waals surface area (Å²) in [5.41, 5.74) is 3.27. The summed E-state index contributed by atoms with van der Waals surface area (Å²) in [5.74, 6) is 0.992. The number of anilines is 1. The summed E-state index contributed by atoms with van der Waals surface area (Å²) in [5, 5.41) is 3.38. The van der Waals surface area contributed by atoms with Crippen molar-refractivity contribution in [2.45, 2.75) is 19.4 Å². The van der Waals surface area contributed by atoms with E-state index in [4.69, 9.17) is 4.74 Å². The van der Waals surface area contributed by atoms with Crippen LogP contribution in [0.3, 0.4) is 0 Å². The van der Waals surface area contributed by atoms with Gasteiger partial charge in [-0.15, -0.1) is 0 Å². The number of amides is 1. The Morgan fingerprint density at radius 2 is 1.55 bits per heavy atom. The molecular formula is C25H28N2O2. The molecule has 4 nitrogen and oxygen atoms in total. The van der Waals surface area contributed by atoms with Crippen molar-refractivity contribution in [3.05, 3.63) is 96.1 Å². The van der Waals surface area contributed by atoms with Crippen LogP contribution in [0.15, 0.2) is 84.9 Å². The second-order valence-corrected chi connectivity index (χ2v) is 6.90. The Hall–Kier alpha value is -3.11. The summed E-state index contributed by atoms with van der Waals surface area (Å²) in [6.45, 7) is 2.05. The van der Waals surface area contributed by atoms with E-state index in [1.54, 1.807) is 7.11 Å². The molecule has 0 fully saturated rings. The molecule has 0 bridgehead atoms. The van der Waals surface area contributed by atoms with Gasteiger partial charge >= 0.3 is 0 Å². The summed E-state index contributed by atoms with van der Waals surface area (Å²) in [7, 11) is 1.68. The number of nitrogens with zero attached hydrogens (tertiary/aromatic N) is 1. The topological polar surface area (TPSA) is 41.6 Å². The molecule has 0 spiro atoms. The highest BCUT2D eigenvalue weighted by Gasteiger charge is 2.15. The Morgan fingerprint density at radius 3 is 2.28 bits per heavy atom. The maximum Gasteiger partial charge on any atom is 0.228 e. The molecule has 150 valence electrons. The second kappa shape index (κ2) is 11.0. The molecule has 3 aromatic rings. The molecule has 0 unspecified atom stereocenters. The number of nitrogens with one attached hydrogen (secondary N) is 1. The van der Waals surface area contributed by atoms with Gasteiger partial charge in [0, 0.05) is 18.7 Å². The maximum atomic E-state index is 12.9. The fraction of sp³-hybridized carbons (Fsp3) is 0.240. The Kier molecular flexibility index (Phi) is 7.84. The van der Waals surface area contributed by atoms with Crippen molar-refractivity contribution in [3.8, 4) is 5.75 Å². The van der Waals surface area contributed by atoms with Crippen LogP contribution in [-0.2, 0) is 17.8 Å². The lowest BCUT2D eigenvalue weighted by Crippen LogP contribution is -2.33. The van der Waals surface area contributed by atoms with Crippen molar-refractivity contribution >= 4 is 11.6 Å². The van der Waals surface area contributed by atoms with Gasteiger partial charge in [0.2, 0.25) is 5.91 Å². The van der Waals surface area contributed by atoms with Crippen LogP contribution < -0.4 is 15.0 Å². The summed E-state index contributed by atoms with van der Waals surface area (Å²) in [6.07, 6.45) is 1.36. The molecule has 0 atom stereocenters. The lowest BCUT2D eigenvalue weighted by molar-refractivity contribution is -0.118. The predicted molar refractivity (Wildman–Crippen MR) is 118 cm³/mol. The molecule has 0 heterocycles. The summed E-state index contributed by atoms with van der Waals surface area (Å²) >= 11 is 0. The van der Waals surface area contributed by atoms with Gasteiger partial charge in [-0.2, -0.15) is 0 Å². The molecule has 3 aromatic carbocycles. The highest BCUT2D eigenvalue weighted by Crippen LogP contribution is 2.18. The number of ether oxygens (including phenoxy) is 1. The third-order valence-corrected chi connectivity index (χ3v) is 4.79. The second-order valence-electron chi connectivity index (χ2n) is 6.90. The average Bonchev–Trinajstić information content (AvgIpc) is 2.78. The van der Waals surface area contributed by atoms with Crippen LogP contribution in [0.5, 0.6) is 5.75 Å². The van der Waals surface area contributed by atoms with Crippen molar-refractivity contribution in [2.75, 3.05) is 25.1 Å². The van der Waals surface area contributed by atoms with E-state index in [2.05, 4.69) is 23.5 Å². The van der Waals surface area contributed by atoms with E-state index in [9.17, 15) is 4.79 Å². The highest BCUT2D eigenvalue weighted by molar-refractivity contribution is 5.93. The van der Waals surface area contributed by atoms with Crippen LogP contribution in [-0.4, -0.2) is 26.1 Å². The van der Waals surface area contributed by atoms with Crippen molar-refractivity contribution in [3.63, 3.8) is 0 Å². The van der Waals surface area contributed by atoms with Crippen LogP contribution in [0.4, 0.5) is 5.69 Å². The third-order valence-electron chi connectivity index (χ3n) is 4.79. The quantitative estimate of drug-likeness (QED) is 0.522. The Bertz CT molecular complexity index is 882. The van der Waals surface area contributed by atoms with Gasteiger partial charge in [-0.05, 0) is 48.4 Å². The monoisotopic (exact) mass is 388 g/mol. The van der Waals surface area contributed by atoms with E-state index in [0.717, 1.165) is 30.0 Å². The summed E-state index contributed by atoms with van der Waals surface area (Å²) < 4.78 is 5.26. The molecule has 3 rings (SSSR count). The molecule has 0 aliphatic heterocycles. The highest BCUT2D eigenvalue weighted by atomic mass is 16.5. The molecular weight excluding hydrogens is 360 g/mol. The van der Waals surface area contributed by atoms with Crippen LogP contribution in [0, 0.1) is 0 Å². The van der Waals surface area contributed by atoms with E-state index in [1.165, 1.54) is 5.56 Å². The Labute approximate surface area is 173 Å². The number of carbonyl (C=O) groups is 1. The number of benzene rings is 3. The zero-order valence-corrected chi connectivity index (χ0v) is 16.9. The van der Waals surface area contributed by atoms with Gasteiger partial charge in [-0.25, -0.2) is 0 Å². The molecule has 4 heteroatoms. The van der Waals surface area contributed by atoms with Crippen LogP contribution in [0.25, 0.3) is 0 Å². The van der Waals surface area contributed by atoms with E-state index in [0.29, 0.717) is 19.5 Å². The van der Waals surface area contributed by atoms with Crippen LogP contribution >= 0.6 is 0 Å². The first kappa shape index (κ1) is 20.6. The first-order valence-electron chi connectivity index (χ1n) is 9.99. The zero-order valence-electron chi connectivity index (χ0n) is 16.9. The lowest BCUT2D eigenvalue weighted by Gasteiger charge is -2.23. The zero-order chi connectivity index (χ0) is 20.3. The van der Waals surface area contributed by atoms with Crippen LogP contribution in [0.2, 0.25) is 0 Å². The smallest absolute Gasteiger partial charge is 0.228 e. The average molecular weight is 389 g/mol. The Balaban J connectivity index is 1.51. The minimum absolute atomic E-state index is 0.119. The van der Waals surface area contributed by atoms with Crippen molar-refractivity contribution in [2.24, 2.45) is 0 Å². The van der Waals surface area contributed by atoms with E-state index in [1.807, 2.05) is 71.6 Å². The van der Waals surface area contributed by atoms with Gasteiger partial charge < -0.3 is 15.0 Å². The van der Waals surface area contributed by atoms with Gasteiger partial charge in [0.15, 0.2) is 0 Å². The normalized spacial score (nSPS) is 10.5. The molecule has 0 aliphatic carbocycles. The van der Waals surface area contributed by atoms with Gasteiger partial charge in [0.05, 0.1) is 13.7 Å². The summed E-state index contributed by atoms with van der Waals surface area (Å²) in [4.78, 5) is 14.8. The van der Waals surface area contributed by atoms with Crippen molar-refractivity contribution in [1.82, 2.24) is 5.32 Å². The molecule has 0 saturated carbocycles. The van der Waals surface area contributed by atoms with Crippen molar-refractivity contribution < 1.29 is 9.53 Å². The van der Waals surface area contributed by atoms with Gasteiger partial charge in [-0.3, -0.25) is 4.79 Å². The first-order chi connectivity index (χ1) is 14.3. The molecule has 0 saturated heterocycles. The minimum atomic E-state index is 0.119. The molecule has 1 N–H and O–H groups in total.